The third-order valence-corrected chi connectivity index (χ3v) is 12.5. The second-order valence-electron chi connectivity index (χ2n) is 20.9. The van der Waals surface area contributed by atoms with E-state index < -0.39 is 24.3 Å². The Morgan fingerprint density at radius 2 is 0.760 bits per heavy atom. The van der Waals surface area contributed by atoms with Gasteiger partial charge in [-0.15, -0.1) is 0 Å². The molecule has 0 aromatic carbocycles. The van der Waals surface area contributed by atoms with E-state index in [2.05, 4.69) is 123 Å². The monoisotopic (exact) mass is 1050 g/mol. The van der Waals surface area contributed by atoms with Crippen LogP contribution in [0.5, 0.6) is 0 Å². The number of hydrogen-bond acceptors (Lipinski definition) is 8. The van der Waals surface area contributed by atoms with E-state index in [0.717, 1.165) is 109 Å². The zero-order chi connectivity index (χ0) is 54.8. The number of allylic oxidation sites excluding steroid dienone is 18. The molecule has 0 fully saturated rings. The summed E-state index contributed by atoms with van der Waals surface area (Å²) in [5.41, 5.74) is 0. The fourth-order valence-electron chi connectivity index (χ4n) is 7.90. The Hall–Kier alpha value is -4.05. The van der Waals surface area contributed by atoms with E-state index >= 15 is 0 Å². The van der Waals surface area contributed by atoms with Gasteiger partial charge in [0.05, 0.1) is 40.3 Å². The summed E-state index contributed by atoms with van der Waals surface area (Å²) in [5.74, 6) is -2.30. The first kappa shape index (κ1) is 71.0. The van der Waals surface area contributed by atoms with Crippen LogP contribution in [-0.4, -0.2) is 82.3 Å². The van der Waals surface area contributed by atoms with Crippen molar-refractivity contribution >= 4 is 17.9 Å². The Morgan fingerprint density at radius 3 is 1.15 bits per heavy atom. The Balaban J connectivity index is 4.13. The van der Waals surface area contributed by atoms with Gasteiger partial charge in [-0.05, 0) is 103 Å². The summed E-state index contributed by atoms with van der Waals surface area (Å²) in [6.07, 6.45) is 74.3. The zero-order valence-corrected chi connectivity index (χ0v) is 48.6. The molecular weight excluding hydrogens is 935 g/mol. The molecule has 0 spiro atoms. The highest BCUT2D eigenvalue weighted by atomic mass is 16.7. The summed E-state index contributed by atoms with van der Waals surface area (Å²) in [5, 5.41) is 11.8. The van der Waals surface area contributed by atoms with Crippen LogP contribution in [0.2, 0.25) is 0 Å². The predicted molar refractivity (Wildman–Crippen MR) is 315 cm³/mol. The van der Waals surface area contributed by atoms with E-state index in [-0.39, 0.29) is 38.6 Å². The van der Waals surface area contributed by atoms with E-state index in [9.17, 15) is 19.5 Å². The molecule has 0 saturated heterocycles. The van der Waals surface area contributed by atoms with Crippen molar-refractivity contribution in [2.45, 2.75) is 245 Å². The van der Waals surface area contributed by atoms with Gasteiger partial charge in [0, 0.05) is 12.8 Å². The first-order valence-corrected chi connectivity index (χ1v) is 30.0. The van der Waals surface area contributed by atoms with Gasteiger partial charge in [0.25, 0.3) is 0 Å². The number of aliphatic carboxylic acids is 1. The maximum atomic E-state index is 12.9. The number of likely N-dealkylation sites (N-methyl/N-ethyl adjacent to an activating group) is 1. The van der Waals surface area contributed by atoms with Crippen LogP contribution in [0.15, 0.2) is 109 Å². The first-order chi connectivity index (χ1) is 36.6. The van der Waals surface area contributed by atoms with Crippen molar-refractivity contribution in [3.05, 3.63) is 109 Å². The molecule has 2 atom stereocenters. The van der Waals surface area contributed by atoms with Gasteiger partial charge in [-0.3, -0.25) is 9.59 Å². The number of hydrogen-bond donors (Lipinski definition) is 0. The highest BCUT2D eigenvalue weighted by Gasteiger charge is 2.22. The van der Waals surface area contributed by atoms with Crippen LogP contribution in [0.3, 0.4) is 0 Å². The Labute approximate surface area is 460 Å². The number of carbonyl (C=O) groups excluding carboxylic acids is 3. The van der Waals surface area contributed by atoms with Crippen LogP contribution >= 0.6 is 0 Å². The van der Waals surface area contributed by atoms with Gasteiger partial charge in [0.1, 0.15) is 13.2 Å². The molecule has 0 aromatic rings. The van der Waals surface area contributed by atoms with Crippen LogP contribution in [0.4, 0.5) is 0 Å². The van der Waals surface area contributed by atoms with Crippen molar-refractivity contribution in [3.63, 3.8) is 0 Å². The van der Waals surface area contributed by atoms with E-state index in [1.54, 1.807) is 0 Å². The lowest BCUT2D eigenvalue weighted by atomic mass is 10.0. The van der Waals surface area contributed by atoms with Crippen molar-refractivity contribution in [1.29, 1.82) is 0 Å². The number of quaternary nitrogens is 1. The van der Waals surface area contributed by atoms with Gasteiger partial charge in [0.15, 0.2) is 12.4 Å². The van der Waals surface area contributed by atoms with Gasteiger partial charge in [-0.25, -0.2) is 0 Å². The van der Waals surface area contributed by atoms with Crippen LogP contribution in [0, 0.1) is 0 Å². The molecule has 0 radical (unpaired) electrons. The summed E-state index contributed by atoms with van der Waals surface area (Å²) in [7, 11) is 5.91. The number of rotatable bonds is 54. The molecule has 2 unspecified atom stereocenters. The van der Waals surface area contributed by atoms with E-state index in [1.807, 2.05) is 21.1 Å². The van der Waals surface area contributed by atoms with Crippen LogP contribution in [-0.2, 0) is 33.3 Å². The molecule has 9 nitrogen and oxygen atoms in total. The summed E-state index contributed by atoms with van der Waals surface area (Å²) < 4.78 is 22.7. The van der Waals surface area contributed by atoms with Crippen molar-refractivity contribution in [3.8, 4) is 0 Å². The second-order valence-corrected chi connectivity index (χ2v) is 20.9. The summed E-state index contributed by atoms with van der Waals surface area (Å²) in [6, 6.07) is 0. The largest absolute Gasteiger partial charge is 0.545 e. The van der Waals surface area contributed by atoms with E-state index in [0.29, 0.717) is 17.4 Å². The van der Waals surface area contributed by atoms with Gasteiger partial charge in [-0.2, -0.15) is 0 Å². The number of carboxylic acid groups (broad SMARTS) is 1. The summed E-state index contributed by atoms with van der Waals surface area (Å²) in [6.45, 7) is 4.59. The molecule has 428 valence electrons. The third kappa shape index (κ3) is 57.5. The highest BCUT2D eigenvalue weighted by molar-refractivity contribution is 5.70. The number of unbranched alkanes of at least 4 members (excludes halogenated alkanes) is 21. The van der Waals surface area contributed by atoms with Gasteiger partial charge in [-0.1, -0.05) is 226 Å². The standard InChI is InChI=1S/C66H111NO8/c1-6-8-10-12-14-16-18-20-21-22-23-24-25-26-27-28-29-30-31-32-33-34-35-36-37-38-39-40-41-42-43-45-47-49-51-53-55-57-64(69)75-62(61-74-66(65(70)71)72-59-58-67(3,4)5)60-73-63(68)56-54-52-50-48-46-44-19-17-15-13-11-9-7-2/h8,10,14,16-17,19-21,23-24,26-27,29-30,32-33,35-36,62,66H,6-7,9,11-13,15,18,22,25,28,31,34,37-61H2,1-5H3/b10-8-,16-14-,19-17-,21-20-,24-23-,27-26-,30-29-,33-32-,36-35-. The third-order valence-electron chi connectivity index (χ3n) is 12.5. The Bertz CT molecular complexity index is 1590. The van der Waals surface area contributed by atoms with Crippen LogP contribution < -0.4 is 5.11 Å². The molecule has 0 aliphatic rings. The smallest absolute Gasteiger partial charge is 0.306 e. The maximum Gasteiger partial charge on any atom is 0.306 e. The average molecular weight is 1050 g/mol. The second kappa shape index (κ2) is 56.2. The molecule has 0 aromatic heterocycles. The summed E-state index contributed by atoms with van der Waals surface area (Å²) in [4.78, 5) is 37.2. The Morgan fingerprint density at radius 1 is 0.413 bits per heavy atom. The number of carboxylic acids is 1. The molecule has 0 aliphatic heterocycles. The SMILES string of the molecule is CC/C=C\C/C=C\C/C=C\C/C=C\C/C=C\C/C=C\C/C=C\C/C=C\CCCCCCCCCCCCCCC(=O)OC(COC(=O)CCCCCCC/C=C\CCCCCC)COC(OCC[N+](C)(C)C)C(=O)[O-]. The van der Waals surface area contributed by atoms with Crippen LogP contribution in [0.1, 0.15) is 232 Å². The Kier molecular flexibility index (Phi) is 53.1. The van der Waals surface area contributed by atoms with Crippen molar-refractivity contribution in [1.82, 2.24) is 0 Å². The molecule has 0 aliphatic carbocycles. The molecule has 9 heteroatoms. The zero-order valence-electron chi connectivity index (χ0n) is 48.6. The lowest BCUT2D eigenvalue weighted by molar-refractivity contribution is -0.870. The number of carbonyl (C=O) groups is 3. The minimum atomic E-state index is -1.63. The van der Waals surface area contributed by atoms with Crippen molar-refractivity contribution in [2.24, 2.45) is 0 Å². The predicted octanol–water partition coefficient (Wildman–Crippen LogP) is 16.6. The lowest BCUT2D eigenvalue weighted by Gasteiger charge is -2.26. The molecule has 0 amide bonds. The minimum Gasteiger partial charge on any atom is -0.545 e. The van der Waals surface area contributed by atoms with Gasteiger partial charge < -0.3 is 33.3 Å². The average Bonchev–Trinajstić information content (AvgIpc) is 3.38. The van der Waals surface area contributed by atoms with Crippen molar-refractivity contribution < 1.29 is 42.9 Å². The molecule has 0 heterocycles. The number of esters is 2. The van der Waals surface area contributed by atoms with Gasteiger partial charge >= 0.3 is 11.9 Å². The van der Waals surface area contributed by atoms with Gasteiger partial charge in [0.2, 0.25) is 0 Å². The molecule has 0 bridgehead atoms. The van der Waals surface area contributed by atoms with E-state index in [1.165, 1.54) is 89.9 Å². The van der Waals surface area contributed by atoms with Crippen LogP contribution in [0.25, 0.3) is 0 Å². The molecule has 0 N–H and O–H groups in total. The molecule has 0 saturated carbocycles. The molecule has 0 rings (SSSR count). The number of nitrogens with zero attached hydrogens (tertiary/aromatic N) is 1. The molecule has 75 heavy (non-hydrogen) atoms. The normalized spacial score (nSPS) is 13.6. The van der Waals surface area contributed by atoms with E-state index in [4.69, 9.17) is 18.9 Å². The minimum absolute atomic E-state index is 0.142. The van der Waals surface area contributed by atoms with Crippen molar-refractivity contribution in [2.75, 3.05) is 47.5 Å². The quantitative estimate of drug-likeness (QED) is 0.0195. The fraction of sp³-hybridized carbons (Fsp3) is 0.682. The fourth-order valence-corrected chi connectivity index (χ4v) is 7.90. The maximum absolute atomic E-state index is 12.9. The lowest BCUT2D eigenvalue weighted by Crippen LogP contribution is -2.44. The topological polar surface area (TPSA) is 111 Å². The highest BCUT2D eigenvalue weighted by Crippen LogP contribution is 2.15. The molecular formula is C66H111NO8. The summed E-state index contributed by atoms with van der Waals surface area (Å²) >= 11 is 0. The number of ether oxygens (including phenoxy) is 4. The first-order valence-electron chi connectivity index (χ1n) is 30.0.